The van der Waals surface area contributed by atoms with E-state index in [0.29, 0.717) is 12.8 Å². The Morgan fingerprint density at radius 2 is 2.24 bits per heavy atom. The summed E-state index contributed by atoms with van der Waals surface area (Å²) in [5.74, 6) is -1.30. The number of rotatable bonds is 6. The van der Waals surface area contributed by atoms with Crippen LogP contribution in [0.3, 0.4) is 0 Å². The Labute approximate surface area is 120 Å². The lowest BCUT2D eigenvalue weighted by Crippen LogP contribution is -2.55. The molecular weight excluding hydrogens is 308 g/mol. The average molecular weight is 324 g/mol. The van der Waals surface area contributed by atoms with Gasteiger partial charge in [-0.2, -0.15) is 8.42 Å². The molecule has 5 N–H and O–H groups in total. The van der Waals surface area contributed by atoms with Gasteiger partial charge in [0, 0.05) is 6.54 Å². The van der Waals surface area contributed by atoms with Crippen LogP contribution < -0.4 is 16.6 Å². The minimum Gasteiger partial charge on any atom is -0.328 e. The van der Waals surface area contributed by atoms with E-state index in [4.69, 9.17) is 15.1 Å². The summed E-state index contributed by atoms with van der Waals surface area (Å²) in [7, 11) is -4.76. The first-order valence-electron chi connectivity index (χ1n) is 6.20. The third kappa shape index (κ3) is 3.66. The fourth-order valence-electron chi connectivity index (χ4n) is 2.28. The van der Waals surface area contributed by atoms with Crippen LogP contribution in [0.4, 0.5) is 0 Å². The average Bonchev–Trinajstić information content (AvgIpc) is 2.63. The zero-order chi connectivity index (χ0) is 15.6. The van der Waals surface area contributed by atoms with Crippen molar-refractivity contribution in [3.05, 3.63) is 0 Å². The summed E-state index contributed by atoms with van der Waals surface area (Å²) in [6.07, 6.45) is -0.771. The van der Waals surface area contributed by atoms with Crippen molar-refractivity contribution >= 4 is 22.2 Å². The predicted octanol–water partition coefficient (Wildman–Crippen LogP) is -2.94. The van der Waals surface area contributed by atoms with E-state index < -0.39 is 40.4 Å². The highest BCUT2D eigenvalue weighted by Crippen LogP contribution is 2.27. The fraction of sp³-hybridized carbons (Fsp3) is 0.778. The standard InChI is InChI=1S/C9H16N4O7S/c10-3-4-19-12-8(14)6-2-1-5-7(20-21(16,17)18)9(15)13(6)11-5/h5-7,11H,1-4,10H2,(H,12,14)(H,16,17,18)/t5-,6+,7?/m1/s1. The van der Waals surface area contributed by atoms with E-state index in [2.05, 4.69) is 15.1 Å². The lowest BCUT2D eigenvalue weighted by Gasteiger charge is -2.31. The Balaban J connectivity index is 2.01. The second-order valence-electron chi connectivity index (χ2n) is 4.58. The molecule has 0 spiro atoms. The van der Waals surface area contributed by atoms with Crippen LogP contribution in [0.2, 0.25) is 0 Å². The van der Waals surface area contributed by atoms with Gasteiger partial charge < -0.3 is 5.73 Å². The molecule has 2 bridgehead atoms. The molecule has 0 aromatic rings. The topological polar surface area (TPSA) is 160 Å². The maximum absolute atomic E-state index is 12.0. The number of hydroxylamine groups is 1. The fourth-order valence-corrected chi connectivity index (χ4v) is 2.76. The highest BCUT2D eigenvalue weighted by molar-refractivity contribution is 7.80. The van der Waals surface area contributed by atoms with Gasteiger partial charge in [0.2, 0.25) is 0 Å². The Bertz CT molecular complexity index is 524. The van der Waals surface area contributed by atoms with Crippen LogP contribution in [-0.2, 0) is 29.0 Å². The minimum atomic E-state index is -4.76. The van der Waals surface area contributed by atoms with E-state index in [0.717, 1.165) is 5.01 Å². The number of amides is 2. The quantitative estimate of drug-likeness (QED) is 0.227. The van der Waals surface area contributed by atoms with Crippen molar-refractivity contribution in [2.24, 2.45) is 5.73 Å². The molecule has 0 saturated carbocycles. The maximum Gasteiger partial charge on any atom is 0.398 e. The van der Waals surface area contributed by atoms with Crippen LogP contribution in [0.25, 0.3) is 0 Å². The molecule has 0 aromatic carbocycles. The van der Waals surface area contributed by atoms with E-state index in [9.17, 15) is 18.0 Å². The third-order valence-corrected chi connectivity index (χ3v) is 3.59. The summed E-state index contributed by atoms with van der Waals surface area (Å²) >= 11 is 0. The van der Waals surface area contributed by atoms with Crippen LogP contribution in [0.15, 0.2) is 0 Å². The van der Waals surface area contributed by atoms with Crippen LogP contribution in [0, 0.1) is 0 Å². The summed E-state index contributed by atoms with van der Waals surface area (Å²) in [5, 5.41) is 0.991. The summed E-state index contributed by atoms with van der Waals surface area (Å²) in [5.41, 5.74) is 10.0. The second kappa shape index (κ2) is 6.21. The van der Waals surface area contributed by atoms with Crippen molar-refractivity contribution in [3.63, 3.8) is 0 Å². The lowest BCUT2D eigenvalue weighted by atomic mass is 10.0. The molecule has 1 unspecified atom stereocenters. The van der Waals surface area contributed by atoms with Crippen molar-refractivity contribution in [1.29, 1.82) is 0 Å². The van der Waals surface area contributed by atoms with Gasteiger partial charge in [-0.15, -0.1) is 0 Å². The molecule has 2 fully saturated rings. The molecule has 3 atom stereocenters. The molecule has 120 valence electrons. The van der Waals surface area contributed by atoms with Gasteiger partial charge >= 0.3 is 10.4 Å². The van der Waals surface area contributed by atoms with Crippen LogP contribution in [-0.4, -0.2) is 61.1 Å². The maximum atomic E-state index is 12.0. The largest absolute Gasteiger partial charge is 0.398 e. The third-order valence-electron chi connectivity index (χ3n) is 3.13. The minimum absolute atomic E-state index is 0.122. The molecule has 11 nitrogen and oxygen atoms in total. The number of hydrogen-bond donors (Lipinski definition) is 4. The first-order chi connectivity index (χ1) is 9.83. The number of nitrogens with zero attached hydrogens (tertiary/aromatic N) is 1. The van der Waals surface area contributed by atoms with Crippen molar-refractivity contribution < 1.29 is 31.6 Å². The predicted molar refractivity (Wildman–Crippen MR) is 66.4 cm³/mol. The number of hydrogen-bond acceptors (Lipinski definition) is 8. The van der Waals surface area contributed by atoms with E-state index in [-0.39, 0.29) is 13.2 Å². The highest BCUT2D eigenvalue weighted by Gasteiger charge is 2.51. The Morgan fingerprint density at radius 1 is 1.52 bits per heavy atom. The number of nitrogens with two attached hydrogens (primary N) is 1. The smallest absolute Gasteiger partial charge is 0.328 e. The van der Waals surface area contributed by atoms with Crippen LogP contribution >= 0.6 is 0 Å². The van der Waals surface area contributed by atoms with Crippen molar-refractivity contribution in [3.8, 4) is 0 Å². The van der Waals surface area contributed by atoms with E-state index in [1.54, 1.807) is 0 Å². The number of fused-ring (bicyclic) bond motifs is 2. The summed E-state index contributed by atoms with van der Waals surface area (Å²) in [6.45, 7) is 0.342. The van der Waals surface area contributed by atoms with E-state index in [1.165, 1.54) is 0 Å². The Morgan fingerprint density at radius 3 is 2.86 bits per heavy atom. The molecule has 0 aromatic heterocycles. The zero-order valence-corrected chi connectivity index (χ0v) is 11.7. The van der Waals surface area contributed by atoms with Crippen molar-refractivity contribution in [1.82, 2.24) is 15.9 Å². The number of carbonyl (C=O) groups is 2. The monoisotopic (exact) mass is 324 g/mol. The van der Waals surface area contributed by atoms with Gasteiger partial charge in [0.1, 0.15) is 6.04 Å². The van der Waals surface area contributed by atoms with Crippen molar-refractivity contribution in [2.45, 2.75) is 31.0 Å². The van der Waals surface area contributed by atoms with Gasteiger partial charge in [0.25, 0.3) is 11.8 Å². The normalized spacial score (nSPS) is 28.8. The first-order valence-corrected chi connectivity index (χ1v) is 7.56. The van der Waals surface area contributed by atoms with E-state index in [1.807, 2.05) is 0 Å². The molecule has 2 saturated heterocycles. The molecule has 2 aliphatic heterocycles. The first kappa shape index (κ1) is 16.1. The molecule has 2 aliphatic rings. The molecule has 2 amide bonds. The lowest BCUT2D eigenvalue weighted by molar-refractivity contribution is -0.149. The second-order valence-corrected chi connectivity index (χ2v) is 5.63. The molecule has 0 aliphatic carbocycles. The highest BCUT2D eigenvalue weighted by atomic mass is 32.3. The Hall–Kier alpha value is -1.31. The van der Waals surface area contributed by atoms with Gasteiger partial charge in [0.15, 0.2) is 6.10 Å². The zero-order valence-electron chi connectivity index (χ0n) is 10.9. The molecule has 2 rings (SSSR count). The van der Waals surface area contributed by atoms with Crippen molar-refractivity contribution in [2.75, 3.05) is 13.2 Å². The molecule has 12 heteroatoms. The van der Waals surface area contributed by atoms with Gasteiger partial charge in [-0.3, -0.25) is 24.0 Å². The van der Waals surface area contributed by atoms with Gasteiger partial charge in [-0.05, 0) is 12.8 Å². The van der Waals surface area contributed by atoms with Gasteiger partial charge in [-0.25, -0.2) is 15.1 Å². The SMILES string of the molecule is NCCONC(=O)[C@@H]1CC[C@H]2NN1C(=O)C2OS(=O)(=O)O. The van der Waals surface area contributed by atoms with Crippen LogP contribution in [0.1, 0.15) is 12.8 Å². The van der Waals surface area contributed by atoms with Gasteiger partial charge in [-0.1, -0.05) is 0 Å². The molecular formula is C9H16N4O7S. The summed E-state index contributed by atoms with van der Waals surface area (Å²) < 4.78 is 34.5. The number of nitrogens with one attached hydrogen (secondary N) is 2. The summed E-state index contributed by atoms with van der Waals surface area (Å²) in [4.78, 5) is 28.7. The number of hydrazine groups is 1. The molecule has 0 radical (unpaired) electrons. The number of carbonyl (C=O) groups excluding carboxylic acids is 2. The van der Waals surface area contributed by atoms with Gasteiger partial charge in [0.05, 0.1) is 12.6 Å². The molecule has 2 heterocycles. The van der Waals surface area contributed by atoms with Crippen LogP contribution in [0.5, 0.6) is 0 Å². The van der Waals surface area contributed by atoms with E-state index >= 15 is 0 Å². The summed E-state index contributed by atoms with van der Waals surface area (Å²) in [6, 6.07) is -1.48. The molecule has 21 heavy (non-hydrogen) atoms. The Kier molecular flexibility index (Phi) is 4.75.